The van der Waals surface area contributed by atoms with Gasteiger partial charge in [0, 0.05) is 34.1 Å². The van der Waals surface area contributed by atoms with Crippen LogP contribution in [0.4, 0.5) is 5.69 Å². The molecule has 0 aromatic heterocycles. The molecule has 3 aromatic carbocycles. The van der Waals surface area contributed by atoms with E-state index in [1.807, 2.05) is 30.3 Å². The van der Waals surface area contributed by atoms with Gasteiger partial charge in [0.25, 0.3) is 0 Å². The molecular weight excluding hydrogens is 306 g/mol. The van der Waals surface area contributed by atoms with Crippen LogP contribution in [0.3, 0.4) is 0 Å². The Bertz CT molecular complexity index is 942. The number of carbonyl (C=O) groups is 1. The van der Waals surface area contributed by atoms with Gasteiger partial charge in [-0.3, -0.25) is 4.79 Å². The van der Waals surface area contributed by atoms with Crippen LogP contribution in [0.1, 0.15) is 48.5 Å². The van der Waals surface area contributed by atoms with E-state index < -0.39 is 0 Å². The molecular formula is C23H23NO. The predicted octanol–water partition coefficient (Wildman–Crippen LogP) is 6.04. The molecule has 2 nitrogen and oxygen atoms in total. The third-order valence-corrected chi connectivity index (χ3v) is 5.09. The maximum atomic E-state index is 12.9. The van der Waals surface area contributed by atoms with Crippen molar-refractivity contribution in [3.8, 4) is 11.1 Å². The predicted molar refractivity (Wildman–Crippen MR) is 105 cm³/mol. The Hall–Kier alpha value is -2.61. The highest BCUT2D eigenvalue weighted by Crippen LogP contribution is 2.41. The molecule has 0 saturated heterocycles. The van der Waals surface area contributed by atoms with Crippen molar-refractivity contribution in [2.45, 2.75) is 32.6 Å². The first-order valence-corrected chi connectivity index (χ1v) is 9.25. The van der Waals surface area contributed by atoms with Gasteiger partial charge in [0.05, 0.1) is 0 Å². The van der Waals surface area contributed by atoms with E-state index in [1.54, 1.807) is 0 Å². The molecule has 126 valence electrons. The number of fused-ring (bicyclic) bond motifs is 2. The van der Waals surface area contributed by atoms with Gasteiger partial charge in [-0.15, -0.1) is 0 Å². The Morgan fingerprint density at radius 3 is 2.40 bits per heavy atom. The minimum atomic E-state index is 0.133. The zero-order chi connectivity index (χ0) is 17.2. The van der Waals surface area contributed by atoms with Gasteiger partial charge in [0.1, 0.15) is 0 Å². The molecule has 1 N–H and O–H groups in total. The fourth-order valence-corrected chi connectivity index (χ4v) is 3.81. The Labute approximate surface area is 148 Å². The standard InChI is InChI=1S/C23H23NO/c1-2-3-4-7-15-24-21-14-13-17-16-9-5-6-10-18(16)23(25)20-12-8-11-19(21)22(17)20/h5-6,8-14,24H,2-4,7,15H2,1H3. The number of ketones is 1. The normalized spacial score (nSPS) is 12.3. The molecule has 0 amide bonds. The van der Waals surface area contributed by atoms with E-state index in [-0.39, 0.29) is 5.78 Å². The smallest absolute Gasteiger partial charge is 0.194 e. The van der Waals surface area contributed by atoms with E-state index in [0.29, 0.717) is 0 Å². The monoisotopic (exact) mass is 329 g/mol. The van der Waals surface area contributed by atoms with Crippen molar-refractivity contribution in [2.24, 2.45) is 0 Å². The fraction of sp³-hybridized carbons (Fsp3) is 0.261. The van der Waals surface area contributed by atoms with Gasteiger partial charge in [-0.2, -0.15) is 0 Å². The van der Waals surface area contributed by atoms with Crippen LogP contribution in [0.15, 0.2) is 54.6 Å². The second kappa shape index (κ2) is 6.72. The number of hydrogen-bond donors (Lipinski definition) is 1. The third-order valence-electron chi connectivity index (χ3n) is 5.09. The summed E-state index contributed by atoms with van der Waals surface area (Å²) >= 11 is 0. The van der Waals surface area contributed by atoms with E-state index >= 15 is 0 Å². The van der Waals surface area contributed by atoms with Gasteiger partial charge in [-0.25, -0.2) is 0 Å². The molecule has 0 fully saturated rings. The molecule has 3 aromatic rings. The minimum Gasteiger partial charge on any atom is -0.385 e. The van der Waals surface area contributed by atoms with Crippen molar-refractivity contribution in [1.29, 1.82) is 0 Å². The van der Waals surface area contributed by atoms with Crippen LogP contribution >= 0.6 is 0 Å². The molecule has 4 rings (SSSR count). The molecule has 2 heteroatoms. The summed E-state index contributed by atoms with van der Waals surface area (Å²) in [5.74, 6) is 0.133. The van der Waals surface area contributed by atoms with Gasteiger partial charge in [-0.05, 0) is 23.6 Å². The van der Waals surface area contributed by atoms with Crippen LogP contribution in [0.25, 0.3) is 21.9 Å². The van der Waals surface area contributed by atoms with Crippen LogP contribution in [0.2, 0.25) is 0 Å². The molecule has 25 heavy (non-hydrogen) atoms. The van der Waals surface area contributed by atoms with Crippen molar-refractivity contribution >= 4 is 22.2 Å². The highest BCUT2D eigenvalue weighted by molar-refractivity contribution is 6.27. The lowest BCUT2D eigenvalue weighted by atomic mass is 9.82. The van der Waals surface area contributed by atoms with Gasteiger partial charge in [-0.1, -0.05) is 74.7 Å². The van der Waals surface area contributed by atoms with E-state index in [4.69, 9.17) is 0 Å². The Morgan fingerprint density at radius 1 is 0.760 bits per heavy atom. The Kier molecular flexibility index (Phi) is 4.27. The lowest BCUT2D eigenvalue weighted by Crippen LogP contribution is -2.10. The Morgan fingerprint density at radius 2 is 1.56 bits per heavy atom. The summed E-state index contributed by atoms with van der Waals surface area (Å²) < 4.78 is 0. The van der Waals surface area contributed by atoms with Crippen LogP contribution in [0.5, 0.6) is 0 Å². The Balaban J connectivity index is 1.76. The summed E-state index contributed by atoms with van der Waals surface area (Å²) in [5, 5.41) is 5.81. The average Bonchev–Trinajstić information content (AvgIpc) is 2.66. The minimum absolute atomic E-state index is 0.133. The molecule has 0 heterocycles. The van der Waals surface area contributed by atoms with Gasteiger partial charge < -0.3 is 5.32 Å². The maximum absolute atomic E-state index is 12.9. The molecule has 1 aliphatic rings. The van der Waals surface area contributed by atoms with Crippen molar-refractivity contribution in [2.75, 3.05) is 11.9 Å². The quantitative estimate of drug-likeness (QED) is 0.437. The second-order valence-electron chi connectivity index (χ2n) is 6.75. The molecule has 0 spiro atoms. The molecule has 1 aliphatic carbocycles. The maximum Gasteiger partial charge on any atom is 0.194 e. The lowest BCUT2D eigenvalue weighted by molar-refractivity contribution is 0.104. The number of hydrogen-bond acceptors (Lipinski definition) is 2. The van der Waals surface area contributed by atoms with Crippen LogP contribution < -0.4 is 5.32 Å². The molecule has 0 atom stereocenters. The molecule has 0 bridgehead atoms. The van der Waals surface area contributed by atoms with Crippen LogP contribution in [-0.2, 0) is 0 Å². The number of unbranched alkanes of at least 4 members (excludes halogenated alkanes) is 3. The molecule has 0 saturated carbocycles. The van der Waals surface area contributed by atoms with Crippen molar-refractivity contribution in [3.63, 3.8) is 0 Å². The van der Waals surface area contributed by atoms with Crippen molar-refractivity contribution < 1.29 is 4.79 Å². The SMILES string of the molecule is CCCCCCNc1ccc2c3c(cccc13)C(=O)c1ccccc1-2. The largest absolute Gasteiger partial charge is 0.385 e. The van der Waals surface area contributed by atoms with Gasteiger partial charge in [0.2, 0.25) is 0 Å². The topological polar surface area (TPSA) is 29.1 Å². The molecule has 0 radical (unpaired) electrons. The van der Waals surface area contributed by atoms with E-state index in [1.165, 1.54) is 25.7 Å². The zero-order valence-corrected chi connectivity index (χ0v) is 14.6. The first-order chi connectivity index (χ1) is 12.3. The van der Waals surface area contributed by atoms with Gasteiger partial charge >= 0.3 is 0 Å². The number of nitrogens with one attached hydrogen (secondary N) is 1. The van der Waals surface area contributed by atoms with Gasteiger partial charge in [0.15, 0.2) is 5.78 Å². The highest BCUT2D eigenvalue weighted by Gasteiger charge is 2.25. The summed E-state index contributed by atoms with van der Waals surface area (Å²) in [6, 6.07) is 18.3. The average molecular weight is 329 g/mol. The first kappa shape index (κ1) is 15.9. The summed E-state index contributed by atoms with van der Waals surface area (Å²) in [4.78, 5) is 12.9. The molecule has 0 unspecified atom stereocenters. The fourth-order valence-electron chi connectivity index (χ4n) is 3.81. The summed E-state index contributed by atoms with van der Waals surface area (Å²) in [6.07, 6.45) is 4.98. The highest BCUT2D eigenvalue weighted by atomic mass is 16.1. The van der Waals surface area contributed by atoms with Crippen LogP contribution in [0, 0.1) is 0 Å². The summed E-state index contributed by atoms with van der Waals surface area (Å²) in [5.41, 5.74) is 4.97. The third kappa shape index (κ3) is 2.72. The van der Waals surface area contributed by atoms with E-state index in [2.05, 4.69) is 36.5 Å². The number of rotatable bonds is 6. The number of benzene rings is 3. The van der Waals surface area contributed by atoms with Crippen LogP contribution in [-0.4, -0.2) is 12.3 Å². The first-order valence-electron chi connectivity index (χ1n) is 9.25. The van der Waals surface area contributed by atoms with E-state index in [0.717, 1.165) is 45.3 Å². The number of carbonyl (C=O) groups excluding carboxylic acids is 1. The zero-order valence-electron chi connectivity index (χ0n) is 14.6. The summed E-state index contributed by atoms with van der Waals surface area (Å²) in [7, 11) is 0. The lowest BCUT2D eigenvalue weighted by Gasteiger charge is -2.21. The van der Waals surface area contributed by atoms with Crippen molar-refractivity contribution in [1.82, 2.24) is 0 Å². The van der Waals surface area contributed by atoms with E-state index in [9.17, 15) is 4.79 Å². The summed E-state index contributed by atoms with van der Waals surface area (Å²) in [6.45, 7) is 3.21. The second-order valence-corrected chi connectivity index (χ2v) is 6.75. The molecule has 0 aliphatic heterocycles. The number of anilines is 1. The van der Waals surface area contributed by atoms with Crippen molar-refractivity contribution in [3.05, 3.63) is 65.7 Å².